The van der Waals surface area contributed by atoms with Crippen LogP contribution < -0.4 is 5.19 Å². The fourth-order valence-electron chi connectivity index (χ4n) is 0.794. The second-order valence-electron chi connectivity index (χ2n) is 2.21. The molecule has 0 spiro atoms. The van der Waals surface area contributed by atoms with E-state index in [-0.39, 0.29) is 0 Å². The molecule has 0 nitrogen and oxygen atoms in total. The van der Waals surface area contributed by atoms with Crippen LogP contribution in [-0.4, -0.2) is 10.2 Å². The van der Waals surface area contributed by atoms with Crippen LogP contribution in [0.4, 0.5) is 0 Å². The molecule has 0 heterocycles. The summed E-state index contributed by atoms with van der Waals surface area (Å²) in [5.41, 5.74) is 1.18. The number of benzene rings is 1. The highest BCUT2D eigenvalue weighted by Crippen LogP contribution is 2.09. The van der Waals surface area contributed by atoms with E-state index in [0.29, 0.717) is 0 Å². The van der Waals surface area contributed by atoms with Crippen LogP contribution in [0.2, 0.25) is 5.02 Å². The summed E-state index contributed by atoms with van der Waals surface area (Å²) in [6, 6.07) is 6.15. The van der Waals surface area contributed by atoms with Crippen LogP contribution in [0, 0.1) is 6.92 Å². The fraction of sp³-hybridized carbons (Fsp3) is 0.143. The normalized spacial score (nSPS) is 10.0. The molecule has 0 amide bonds. The van der Waals surface area contributed by atoms with E-state index >= 15 is 0 Å². The molecule has 0 atom stereocenters. The molecule has 0 aromatic heterocycles. The van der Waals surface area contributed by atoms with Crippen molar-refractivity contribution in [1.82, 2.24) is 0 Å². The highest BCUT2D eigenvalue weighted by Gasteiger charge is 1.94. The maximum Gasteiger partial charge on any atom is 0.0417 e. The molecule has 0 bridgehead atoms. The molecule has 0 unspecified atom stereocenters. The summed E-state index contributed by atoms with van der Waals surface area (Å²) < 4.78 is 0. The zero-order valence-corrected chi connectivity index (χ0v) is 8.37. The van der Waals surface area contributed by atoms with Gasteiger partial charge in [-0.3, -0.25) is 0 Å². The quantitative estimate of drug-likeness (QED) is 0.484. The van der Waals surface area contributed by atoms with Gasteiger partial charge in [-0.1, -0.05) is 35.0 Å². The molecule has 0 saturated heterocycles. The predicted molar refractivity (Wildman–Crippen MR) is 45.8 cm³/mol. The average molecular weight is 157 g/mol. The first-order chi connectivity index (χ1) is 4.22. The number of rotatable bonds is 0. The molecular weight excluding hydrogens is 148 g/mol. The van der Waals surface area contributed by atoms with Crippen molar-refractivity contribution in [3.8, 4) is 0 Å². The van der Waals surface area contributed by atoms with Gasteiger partial charge in [0.25, 0.3) is 0 Å². The van der Waals surface area contributed by atoms with E-state index in [0.717, 1.165) is 15.3 Å². The molecule has 0 aliphatic carbocycles. The Morgan fingerprint density at radius 3 is 2.56 bits per heavy atom. The Kier molecular flexibility index (Phi) is 1.93. The molecule has 0 saturated carbocycles. The first-order valence-corrected chi connectivity index (χ1v) is 4.31. The van der Waals surface area contributed by atoms with Gasteiger partial charge >= 0.3 is 0 Å². The summed E-state index contributed by atoms with van der Waals surface area (Å²) >= 11 is 5.91. The van der Waals surface area contributed by atoms with E-state index in [4.69, 9.17) is 11.6 Å². The van der Waals surface area contributed by atoms with Gasteiger partial charge in [-0.25, -0.2) is 0 Å². The van der Waals surface area contributed by atoms with Crippen LogP contribution >= 0.6 is 11.6 Å². The molecule has 1 aromatic carbocycles. The van der Waals surface area contributed by atoms with E-state index in [1.807, 2.05) is 19.1 Å². The van der Waals surface area contributed by atoms with Crippen molar-refractivity contribution in [3.63, 3.8) is 0 Å². The molecule has 0 radical (unpaired) electrons. The average Bonchev–Trinajstić information content (AvgIpc) is 1.83. The maximum atomic E-state index is 5.91. The SMILES string of the molecule is Cc1cccc([SiH3])c1Cl. The Bertz CT molecular complexity index is 200. The van der Waals surface area contributed by atoms with Crippen molar-refractivity contribution in [2.75, 3.05) is 0 Å². The third-order valence-corrected chi connectivity index (χ3v) is 3.13. The lowest BCUT2D eigenvalue weighted by atomic mass is 10.2. The van der Waals surface area contributed by atoms with Gasteiger partial charge in [0, 0.05) is 15.3 Å². The molecule has 2 heteroatoms. The first kappa shape index (κ1) is 6.84. The molecule has 1 aromatic rings. The summed E-state index contributed by atoms with van der Waals surface area (Å²) in [7, 11) is 1.04. The number of hydrogen-bond acceptors (Lipinski definition) is 0. The molecule has 1 rings (SSSR count). The summed E-state index contributed by atoms with van der Waals surface area (Å²) in [5, 5.41) is 2.24. The van der Waals surface area contributed by atoms with Gasteiger partial charge in [0.2, 0.25) is 0 Å². The summed E-state index contributed by atoms with van der Waals surface area (Å²) in [6.45, 7) is 2.03. The summed E-state index contributed by atoms with van der Waals surface area (Å²) in [5.74, 6) is 0. The second kappa shape index (κ2) is 2.54. The minimum Gasteiger partial charge on any atom is -0.0842 e. The van der Waals surface area contributed by atoms with E-state index < -0.39 is 0 Å². The Morgan fingerprint density at radius 2 is 2.11 bits per heavy atom. The van der Waals surface area contributed by atoms with Gasteiger partial charge in [-0.15, -0.1) is 0 Å². The minimum absolute atomic E-state index is 0.948. The highest BCUT2D eigenvalue weighted by atomic mass is 35.5. The van der Waals surface area contributed by atoms with E-state index in [2.05, 4.69) is 6.07 Å². The van der Waals surface area contributed by atoms with Gasteiger partial charge in [0.1, 0.15) is 0 Å². The monoisotopic (exact) mass is 156 g/mol. The summed E-state index contributed by atoms with van der Waals surface area (Å²) in [4.78, 5) is 0. The Hall–Kier alpha value is -0.273. The lowest BCUT2D eigenvalue weighted by Gasteiger charge is -1.98. The van der Waals surface area contributed by atoms with Crippen molar-refractivity contribution in [2.45, 2.75) is 6.92 Å². The zero-order valence-electron chi connectivity index (χ0n) is 5.61. The fourth-order valence-corrected chi connectivity index (χ4v) is 1.51. The number of aryl methyl sites for hydroxylation is 1. The standard InChI is InChI=1S/C7H9ClSi/c1-5-3-2-4-6(9)7(5)8/h2-4H,1,9H3. The third-order valence-electron chi connectivity index (χ3n) is 1.38. The lowest BCUT2D eigenvalue weighted by Crippen LogP contribution is -2.03. The number of halogens is 1. The van der Waals surface area contributed by atoms with Gasteiger partial charge < -0.3 is 0 Å². The third kappa shape index (κ3) is 1.34. The van der Waals surface area contributed by atoms with Crippen LogP contribution in [0.3, 0.4) is 0 Å². The Morgan fingerprint density at radius 1 is 1.44 bits per heavy atom. The second-order valence-corrected chi connectivity index (χ2v) is 3.66. The van der Waals surface area contributed by atoms with Gasteiger partial charge in [0.15, 0.2) is 0 Å². The number of hydrogen-bond donors (Lipinski definition) is 0. The molecule has 0 fully saturated rings. The Balaban J connectivity index is 3.25. The van der Waals surface area contributed by atoms with Crippen LogP contribution in [-0.2, 0) is 0 Å². The van der Waals surface area contributed by atoms with Crippen LogP contribution in [0.1, 0.15) is 5.56 Å². The van der Waals surface area contributed by atoms with Crippen molar-refractivity contribution in [3.05, 3.63) is 28.8 Å². The largest absolute Gasteiger partial charge is 0.0842 e. The van der Waals surface area contributed by atoms with Crippen LogP contribution in [0.25, 0.3) is 0 Å². The van der Waals surface area contributed by atoms with Gasteiger partial charge in [-0.05, 0) is 12.5 Å². The van der Waals surface area contributed by atoms with Crippen LogP contribution in [0.15, 0.2) is 18.2 Å². The van der Waals surface area contributed by atoms with Crippen molar-refractivity contribution < 1.29 is 0 Å². The van der Waals surface area contributed by atoms with Crippen molar-refractivity contribution in [2.24, 2.45) is 0 Å². The van der Waals surface area contributed by atoms with Gasteiger partial charge in [-0.2, -0.15) is 0 Å². The van der Waals surface area contributed by atoms with Crippen molar-refractivity contribution >= 4 is 27.0 Å². The molecule has 0 aliphatic heterocycles. The predicted octanol–water partition coefficient (Wildman–Crippen LogP) is 0.639. The Labute approximate surface area is 63.3 Å². The topological polar surface area (TPSA) is 0 Å². The molecule has 48 valence electrons. The van der Waals surface area contributed by atoms with E-state index in [1.54, 1.807) is 0 Å². The smallest absolute Gasteiger partial charge is 0.0417 e. The molecule has 9 heavy (non-hydrogen) atoms. The molecular formula is C7H9ClSi. The van der Waals surface area contributed by atoms with Crippen molar-refractivity contribution in [1.29, 1.82) is 0 Å². The molecule has 0 N–H and O–H groups in total. The summed E-state index contributed by atoms with van der Waals surface area (Å²) in [6.07, 6.45) is 0. The first-order valence-electron chi connectivity index (χ1n) is 2.93. The van der Waals surface area contributed by atoms with E-state index in [1.165, 1.54) is 10.8 Å². The highest BCUT2D eigenvalue weighted by molar-refractivity contribution is 6.45. The van der Waals surface area contributed by atoms with E-state index in [9.17, 15) is 0 Å². The molecule has 0 aliphatic rings. The zero-order chi connectivity index (χ0) is 6.85. The van der Waals surface area contributed by atoms with Gasteiger partial charge in [0.05, 0.1) is 0 Å². The maximum absolute atomic E-state index is 5.91. The minimum atomic E-state index is 0.948. The van der Waals surface area contributed by atoms with Crippen LogP contribution in [0.5, 0.6) is 0 Å². The lowest BCUT2D eigenvalue weighted by molar-refractivity contribution is 1.49.